The summed E-state index contributed by atoms with van der Waals surface area (Å²) in [7, 11) is 0. The van der Waals surface area contributed by atoms with Crippen LogP contribution in [0, 0.1) is 6.92 Å². The highest BCUT2D eigenvalue weighted by atomic mass is 79.9. The number of para-hydroxylation sites is 1. The molecule has 0 spiro atoms. The molecule has 2 aromatic rings. The Bertz CT molecular complexity index is 596. The SMILES string of the molecule is Cc1ccccc1NC(=O)c1ccc(Br)c(N)c1. The van der Waals surface area contributed by atoms with Crippen molar-refractivity contribution < 1.29 is 4.79 Å². The minimum atomic E-state index is -0.163. The van der Waals surface area contributed by atoms with Crippen LogP contribution in [0.15, 0.2) is 46.9 Å². The molecule has 0 atom stereocenters. The van der Waals surface area contributed by atoms with E-state index in [-0.39, 0.29) is 5.91 Å². The molecule has 2 aromatic carbocycles. The molecule has 4 heteroatoms. The molecule has 0 aliphatic heterocycles. The number of nitrogens with one attached hydrogen (secondary N) is 1. The standard InChI is InChI=1S/C14H13BrN2O/c1-9-4-2-3-5-13(9)17-14(18)10-6-7-11(15)12(16)8-10/h2-8H,16H2,1H3,(H,17,18). The zero-order chi connectivity index (χ0) is 13.1. The number of halogens is 1. The van der Waals surface area contributed by atoms with E-state index in [1.54, 1.807) is 18.2 Å². The quantitative estimate of drug-likeness (QED) is 0.833. The summed E-state index contributed by atoms with van der Waals surface area (Å²) in [5.74, 6) is -0.163. The van der Waals surface area contributed by atoms with Gasteiger partial charge in [0.2, 0.25) is 0 Å². The molecule has 0 fully saturated rings. The van der Waals surface area contributed by atoms with Crippen molar-refractivity contribution in [3.05, 3.63) is 58.1 Å². The van der Waals surface area contributed by atoms with Gasteiger partial charge in [-0.1, -0.05) is 18.2 Å². The maximum Gasteiger partial charge on any atom is 0.255 e. The van der Waals surface area contributed by atoms with E-state index >= 15 is 0 Å². The van der Waals surface area contributed by atoms with Crippen molar-refractivity contribution in [2.75, 3.05) is 11.1 Å². The molecule has 3 nitrogen and oxygen atoms in total. The van der Waals surface area contributed by atoms with E-state index in [0.717, 1.165) is 15.7 Å². The van der Waals surface area contributed by atoms with E-state index in [9.17, 15) is 4.79 Å². The van der Waals surface area contributed by atoms with Crippen LogP contribution in [0.3, 0.4) is 0 Å². The topological polar surface area (TPSA) is 55.1 Å². The maximum atomic E-state index is 12.0. The molecule has 92 valence electrons. The Hall–Kier alpha value is -1.81. The number of carbonyl (C=O) groups excluding carboxylic acids is 1. The first kappa shape index (κ1) is 12.6. The van der Waals surface area contributed by atoms with Gasteiger partial charge in [-0.2, -0.15) is 0 Å². The lowest BCUT2D eigenvalue weighted by atomic mass is 10.1. The Morgan fingerprint density at radius 1 is 1.22 bits per heavy atom. The van der Waals surface area contributed by atoms with Crippen LogP contribution < -0.4 is 11.1 Å². The number of nitrogen functional groups attached to an aromatic ring is 1. The lowest BCUT2D eigenvalue weighted by Crippen LogP contribution is -2.13. The third-order valence-electron chi connectivity index (χ3n) is 2.65. The highest BCUT2D eigenvalue weighted by Gasteiger charge is 2.08. The van der Waals surface area contributed by atoms with Crippen molar-refractivity contribution in [2.45, 2.75) is 6.92 Å². The minimum Gasteiger partial charge on any atom is -0.398 e. The van der Waals surface area contributed by atoms with Crippen molar-refractivity contribution in [1.82, 2.24) is 0 Å². The van der Waals surface area contributed by atoms with Gasteiger partial charge in [-0.05, 0) is 52.7 Å². The summed E-state index contributed by atoms with van der Waals surface area (Å²) < 4.78 is 0.787. The third kappa shape index (κ3) is 2.71. The first-order valence-corrected chi connectivity index (χ1v) is 6.29. The Kier molecular flexibility index (Phi) is 3.67. The molecule has 2 rings (SSSR count). The zero-order valence-electron chi connectivity index (χ0n) is 9.91. The van der Waals surface area contributed by atoms with E-state index < -0.39 is 0 Å². The van der Waals surface area contributed by atoms with Crippen LogP contribution in [0.1, 0.15) is 15.9 Å². The lowest BCUT2D eigenvalue weighted by molar-refractivity contribution is 0.102. The molecule has 1 amide bonds. The Balaban J connectivity index is 2.22. The summed E-state index contributed by atoms with van der Waals surface area (Å²) in [5, 5.41) is 2.86. The number of carbonyl (C=O) groups is 1. The Labute approximate surface area is 114 Å². The summed E-state index contributed by atoms with van der Waals surface area (Å²) >= 11 is 3.30. The minimum absolute atomic E-state index is 0.163. The van der Waals surface area contributed by atoms with Gasteiger partial charge in [0, 0.05) is 21.4 Å². The van der Waals surface area contributed by atoms with Crippen molar-refractivity contribution in [1.29, 1.82) is 0 Å². The number of nitrogens with two attached hydrogens (primary N) is 1. The molecule has 0 aliphatic rings. The van der Waals surface area contributed by atoms with Gasteiger partial charge < -0.3 is 11.1 Å². The largest absolute Gasteiger partial charge is 0.398 e. The summed E-state index contributed by atoms with van der Waals surface area (Å²) in [5.41, 5.74) is 8.68. The summed E-state index contributed by atoms with van der Waals surface area (Å²) in [6.45, 7) is 1.95. The van der Waals surface area contributed by atoms with Crippen molar-refractivity contribution in [3.8, 4) is 0 Å². The van der Waals surface area contributed by atoms with E-state index in [1.807, 2.05) is 31.2 Å². The van der Waals surface area contributed by atoms with Gasteiger partial charge in [0.1, 0.15) is 0 Å². The fraction of sp³-hybridized carbons (Fsp3) is 0.0714. The zero-order valence-corrected chi connectivity index (χ0v) is 11.5. The molecule has 18 heavy (non-hydrogen) atoms. The van der Waals surface area contributed by atoms with Crippen molar-refractivity contribution in [2.24, 2.45) is 0 Å². The molecule has 0 heterocycles. The molecule has 0 bridgehead atoms. The molecule has 0 radical (unpaired) electrons. The Morgan fingerprint density at radius 3 is 2.61 bits per heavy atom. The predicted octanol–water partition coefficient (Wildman–Crippen LogP) is 3.59. The third-order valence-corrected chi connectivity index (χ3v) is 3.37. The van der Waals surface area contributed by atoms with Gasteiger partial charge in [0.15, 0.2) is 0 Å². The fourth-order valence-electron chi connectivity index (χ4n) is 1.59. The maximum absolute atomic E-state index is 12.0. The average molecular weight is 305 g/mol. The van der Waals surface area contributed by atoms with E-state index in [1.165, 1.54) is 0 Å². The van der Waals surface area contributed by atoms with E-state index in [2.05, 4.69) is 21.2 Å². The summed E-state index contributed by atoms with van der Waals surface area (Å²) in [6.07, 6.45) is 0. The number of benzene rings is 2. The fourth-order valence-corrected chi connectivity index (χ4v) is 1.84. The average Bonchev–Trinajstić information content (AvgIpc) is 2.35. The molecule has 0 saturated carbocycles. The van der Waals surface area contributed by atoms with E-state index in [0.29, 0.717) is 11.3 Å². The molecular weight excluding hydrogens is 292 g/mol. The van der Waals surface area contributed by atoms with Crippen LogP contribution in [0.4, 0.5) is 11.4 Å². The monoisotopic (exact) mass is 304 g/mol. The number of rotatable bonds is 2. The summed E-state index contributed by atoms with van der Waals surface area (Å²) in [6, 6.07) is 12.8. The van der Waals surface area contributed by atoms with Gasteiger partial charge in [0.05, 0.1) is 0 Å². The highest BCUT2D eigenvalue weighted by Crippen LogP contribution is 2.21. The van der Waals surface area contributed by atoms with E-state index in [4.69, 9.17) is 5.73 Å². The molecule has 0 aromatic heterocycles. The number of aryl methyl sites for hydroxylation is 1. The van der Waals surface area contributed by atoms with Gasteiger partial charge in [-0.3, -0.25) is 4.79 Å². The number of hydrogen-bond donors (Lipinski definition) is 2. The first-order valence-electron chi connectivity index (χ1n) is 5.50. The predicted molar refractivity (Wildman–Crippen MR) is 77.7 cm³/mol. The second-order valence-electron chi connectivity index (χ2n) is 4.01. The Morgan fingerprint density at radius 2 is 1.94 bits per heavy atom. The summed E-state index contributed by atoms with van der Waals surface area (Å²) in [4.78, 5) is 12.0. The number of hydrogen-bond acceptors (Lipinski definition) is 2. The van der Waals surface area contributed by atoms with Gasteiger partial charge in [-0.15, -0.1) is 0 Å². The van der Waals surface area contributed by atoms with Crippen LogP contribution in [-0.4, -0.2) is 5.91 Å². The molecule has 0 unspecified atom stereocenters. The number of amides is 1. The number of anilines is 2. The van der Waals surface area contributed by atoms with Crippen molar-refractivity contribution in [3.63, 3.8) is 0 Å². The molecule has 0 saturated heterocycles. The second kappa shape index (κ2) is 5.23. The highest BCUT2D eigenvalue weighted by molar-refractivity contribution is 9.10. The normalized spacial score (nSPS) is 10.1. The molecule has 3 N–H and O–H groups in total. The first-order chi connectivity index (χ1) is 8.58. The molecular formula is C14H13BrN2O. The molecule has 0 aliphatic carbocycles. The van der Waals surface area contributed by atoms with Crippen LogP contribution in [0.25, 0.3) is 0 Å². The lowest BCUT2D eigenvalue weighted by Gasteiger charge is -2.08. The second-order valence-corrected chi connectivity index (χ2v) is 4.86. The van der Waals surface area contributed by atoms with Crippen LogP contribution in [0.2, 0.25) is 0 Å². The van der Waals surface area contributed by atoms with Gasteiger partial charge in [0.25, 0.3) is 5.91 Å². The smallest absolute Gasteiger partial charge is 0.255 e. The van der Waals surface area contributed by atoms with Crippen LogP contribution >= 0.6 is 15.9 Å². The van der Waals surface area contributed by atoms with Crippen LogP contribution in [0.5, 0.6) is 0 Å². The van der Waals surface area contributed by atoms with Crippen molar-refractivity contribution >= 4 is 33.2 Å². The van der Waals surface area contributed by atoms with Gasteiger partial charge >= 0.3 is 0 Å². The van der Waals surface area contributed by atoms with Crippen LogP contribution in [-0.2, 0) is 0 Å². The van der Waals surface area contributed by atoms with Gasteiger partial charge in [-0.25, -0.2) is 0 Å².